The van der Waals surface area contributed by atoms with Crippen LogP contribution in [-0.4, -0.2) is 32.7 Å². The van der Waals surface area contributed by atoms with Gasteiger partial charge in [-0.05, 0) is 55.5 Å². The maximum Gasteiger partial charge on any atom is 0.220 e. The molecule has 0 aliphatic carbocycles. The number of piperidine rings is 1. The van der Waals surface area contributed by atoms with E-state index in [1.54, 1.807) is 7.11 Å². The summed E-state index contributed by atoms with van der Waals surface area (Å²) >= 11 is 0. The minimum Gasteiger partial charge on any atom is -0.497 e. The van der Waals surface area contributed by atoms with Crippen LogP contribution in [0, 0.1) is 11.8 Å². The molecule has 2 unspecified atom stereocenters. The Kier molecular flexibility index (Phi) is 6.05. The van der Waals surface area contributed by atoms with Crippen molar-refractivity contribution in [3.63, 3.8) is 0 Å². The first kappa shape index (κ1) is 15.8. The van der Waals surface area contributed by atoms with Gasteiger partial charge in [0.15, 0.2) is 0 Å². The van der Waals surface area contributed by atoms with Crippen LogP contribution in [0.25, 0.3) is 0 Å². The van der Waals surface area contributed by atoms with E-state index in [1.165, 1.54) is 12.0 Å². The number of hydrogen-bond acceptors (Lipinski definition) is 3. The molecule has 21 heavy (non-hydrogen) atoms. The summed E-state index contributed by atoms with van der Waals surface area (Å²) in [7, 11) is 1.66. The first-order chi connectivity index (χ1) is 10.2. The minimum absolute atomic E-state index is 0.142. The van der Waals surface area contributed by atoms with E-state index in [0.717, 1.165) is 31.8 Å². The normalized spacial score (nSPS) is 21.8. The van der Waals surface area contributed by atoms with Crippen molar-refractivity contribution in [2.45, 2.75) is 26.2 Å². The summed E-state index contributed by atoms with van der Waals surface area (Å²) in [6.45, 7) is 5.17. The molecule has 1 fully saturated rings. The molecule has 1 aliphatic rings. The third-order valence-corrected chi connectivity index (χ3v) is 4.35. The Morgan fingerprint density at radius 2 is 2.14 bits per heavy atom. The van der Waals surface area contributed by atoms with Crippen LogP contribution in [0.15, 0.2) is 24.3 Å². The first-order valence-corrected chi connectivity index (χ1v) is 7.79. The van der Waals surface area contributed by atoms with Gasteiger partial charge in [0.05, 0.1) is 7.11 Å². The lowest BCUT2D eigenvalue weighted by Crippen LogP contribution is -2.42. The van der Waals surface area contributed by atoms with Crippen molar-refractivity contribution < 1.29 is 9.53 Å². The zero-order valence-electron chi connectivity index (χ0n) is 13.0. The van der Waals surface area contributed by atoms with E-state index in [-0.39, 0.29) is 5.91 Å². The fourth-order valence-corrected chi connectivity index (χ4v) is 2.71. The van der Waals surface area contributed by atoms with Gasteiger partial charge in [-0.15, -0.1) is 0 Å². The molecule has 1 aromatic rings. The van der Waals surface area contributed by atoms with Crippen LogP contribution in [0.3, 0.4) is 0 Å². The highest BCUT2D eigenvalue weighted by Gasteiger charge is 2.21. The molecule has 1 saturated heterocycles. The standard InChI is InChI=1S/C17H26N2O2/c1-13-9-10-18-11-15(13)12-19-17(20)8-5-14-3-6-16(21-2)7-4-14/h3-4,6-7,13,15,18H,5,8-12H2,1-2H3,(H,19,20). The van der Waals surface area contributed by atoms with E-state index in [1.807, 2.05) is 24.3 Å². The Balaban J connectivity index is 1.69. The second-order valence-electron chi connectivity index (χ2n) is 5.88. The smallest absolute Gasteiger partial charge is 0.220 e. The van der Waals surface area contributed by atoms with Gasteiger partial charge in [-0.1, -0.05) is 19.1 Å². The van der Waals surface area contributed by atoms with Crippen molar-refractivity contribution in [1.29, 1.82) is 0 Å². The highest BCUT2D eigenvalue weighted by Crippen LogP contribution is 2.17. The number of benzene rings is 1. The first-order valence-electron chi connectivity index (χ1n) is 7.79. The van der Waals surface area contributed by atoms with Gasteiger partial charge in [0.2, 0.25) is 5.91 Å². The molecular weight excluding hydrogens is 264 g/mol. The largest absolute Gasteiger partial charge is 0.497 e. The molecule has 4 nitrogen and oxygen atoms in total. The van der Waals surface area contributed by atoms with E-state index in [2.05, 4.69) is 17.6 Å². The molecule has 2 atom stereocenters. The number of carbonyl (C=O) groups is 1. The number of methoxy groups -OCH3 is 1. The van der Waals surface area contributed by atoms with Crippen LogP contribution in [-0.2, 0) is 11.2 Å². The Morgan fingerprint density at radius 1 is 1.38 bits per heavy atom. The van der Waals surface area contributed by atoms with Crippen LogP contribution in [0.2, 0.25) is 0 Å². The van der Waals surface area contributed by atoms with Crippen LogP contribution in [0.1, 0.15) is 25.3 Å². The third-order valence-electron chi connectivity index (χ3n) is 4.35. The van der Waals surface area contributed by atoms with E-state index in [9.17, 15) is 4.79 Å². The number of hydrogen-bond donors (Lipinski definition) is 2. The van der Waals surface area contributed by atoms with Gasteiger partial charge in [0.25, 0.3) is 0 Å². The number of ether oxygens (including phenoxy) is 1. The highest BCUT2D eigenvalue weighted by atomic mass is 16.5. The van der Waals surface area contributed by atoms with Gasteiger partial charge in [-0.2, -0.15) is 0 Å². The SMILES string of the molecule is COc1ccc(CCC(=O)NCC2CNCCC2C)cc1. The van der Waals surface area contributed by atoms with Crippen LogP contribution in [0.4, 0.5) is 0 Å². The monoisotopic (exact) mass is 290 g/mol. The Morgan fingerprint density at radius 3 is 2.81 bits per heavy atom. The quantitative estimate of drug-likeness (QED) is 0.842. The maximum atomic E-state index is 11.9. The van der Waals surface area contributed by atoms with Crippen LogP contribution in [0.5, 0.6) is 5.75 Å². The predicted octanol–water partition coefficient (Wildman–Crippen LogP) is 1.99. The molecule has 0 bridgehead atoms. The lowest BCUT2D eigenvalue weighted by atomic mass is 9.88. The number of nitrogens with one attached hydrogen (secondary N) is 2. The Labute approximate surface area is 127 Å². The van der Waals surface area contributed by atoms with E-state index < -0.39 is 0 Å². The zero-order valence-corrected chi connectivity index (χ0v) is 13.0. The predicted molar refractivity (Wildman–Crippen MR) is 84.5 cm³/mol. The molecule has 1 aromatic carbocycles. The molecule has 0 aromatic heterocycles. The molecule has 1 aliphatic heterocycles. The minimum atomic E-state index is 0.142. The summed E-state index contributed by atoms with van der Waals surface area (Å²) < 4.78 is 5.13. The fraction of sp³-hybridized carbons (Fsp3) is 0.588. The van der Waals surface area contributed by atoms with Gasteiger partial charge in [-0.25, -0.2) is 0 Å². The second-order valence-corrected chi connectivity index (χ2v) is 5.88. The van der Waals surface area contributed by atoms with Crippen LogP contribution < -0.4 is 15.4 Å². The summed E-state index contributed by atoms with van der Waals surface area (Å²) in [5.41, 5.74) is 1.17. The van der Waals surface area contributed by atoms with Crippen molar-refractivity contribution in [2.75, 3.05) is 26.7 Å². The van der Waals surface area contributed by atoms with Gasteiger partial charge in [0.1, 0.15) is 5.75 Å². The molecule has 1 heterocycles. The lowest BCUT2D eigenvalue weighted by Gasteiger charge is -2.29. The van der Waals surface area contributed by atoms with Crippen molar-refractivity contribution in [3.05, 3.63) is 29.8 Å². The van der Waals surface area contributed by atoms with Crippen molar-refractivity contribution in [3.8, 4) is 5.75 Å². The molecule has 0 radical (unpaired) electrons. The molecule has 2 rings (SSSR count). The Bertz CT molecular complexity index is 445. The van der Waals surface area contributed by atoms with E-state index in [4.69, 9.17) is 4.74 Å². The van der Waals surface area contributed by atoms with Crippen LogP contribution >= 0.6 is 0 Å². The maximum absolute atomic E-state index is 11.9. The number of amides is 1. The van der Waals surface area contributed by atoms with E-state index in [0.29, 0.717) is 18.3 Å². The summed E-state index contributed by atoms with van der Waals surface area (Å²) in [5.74, 6) is 2.24. The summed E-state index contributed by atoms with van der Waals surface area (Å²) in [5, 5.41) is 6.47. The molecule has 0 spiro atoms. The lowest BCUT2D eigenvalue weighted by molar-refractivity contribution is -0.121. The summed E-state index contributed by atoms with van der Waals surface area (Å²) in [4.78, 5) is 11.9. The molecule has 0 saturated carbocycles. The molecule has 2 N–H and O–H groups in total. The molecular formula is C17H26N2O2. The second kappa shape index (κ2) is 8.03. The van der Waals surface area contributed by atoms with Gasteiger partial charge < -0.3 is 15.4 Å². The number of aryl methyl sites for hydroxylation is 1. The summed E-state index contributed by atoms with van der Waals surface area (Å²) in [6.07, 6.45) is 2.52. The topological polar surface area (TPSA) is 50.4 Å². The fourth-order valence-electron chi connectivity index (χ4n) is 2.71. The number of carbonyl (C=O) groups excluding carboxylic acids is 1. The number of rotatable bonds is 6. The van der Waals surface area contributed by atoms with Gasteiger partial charge in [0, 0.05) is 13.0 Å². The Hall–Kier alpha value is -1.55. The third kappa shape index (κ3) is 5.05. The van der Waals surface area contributed by atoms with Crippen molar-refractivity contribution in [1.82, 2.24) is 10.6 Å². The zero-order chi connectivity index (χ0) is 15.1. The van der Waals surface area contributed by atoms with Crippen molar-refractivity contribution >= 4 is 5.91 Å². The van der Waals surface area contributed by atoms with Gasteiger partial charge >= 0.3 is 0 Å². The van der Waals surface area contributed by atoms with E-state index >= 15 is 0 Å². The van der Waals surface area contributed by atoms with Gasteiger partial charge in [-0.3, -0.25) is 4.79 Å². The average molecular weight is 290 g/mol. The summed E-state index contributed by atoms with van der Waals surface area (Å²) in [6, 6.07) is 7.89. The highest BCUT2D eigenvalue weighted by molar-refractivity contribution is 5.76. The average Bonchev–Trinajstić information content (AvgIpc) is 2.52. The molecule has 116 valence electrons. The molecule has 4 heteroatoms. The van der Waals surface area contributed by atoms with Crippen molar-refractivity contribution in [2.24, 2.45) is 11.8 Å². The molecule has 1 amide bonds.